The number of hydrogen-bond donors (Lipinski definition) is 4. The quantitative estimate of drug-likeness (QED) is 0.607. The molecule has 2 heterocycles. The Morgan fingerprint density at radius 2 is 2.10 bits per heavy atom. The van der Waals surface area contributed by atoms with Crippen LogP contribution in [-0.4, -0.2) is 41.7 Å². The van der Waals surface area contributed by atoms with Gasteiger partial charge in [0, 0.05) is 25.2 Å². The van der Waals surface area contributed by atoms with Gasteiger partial charge in [0.15, 0.2) is 5.96 Å². The summed E-state index contributed by atoms with van der Waals surface area (Å²) in [5, 5.41) is 6.67. The van der Waals surface area contributed by atoms with Crippen LogP contribution >= 0.6 is 0 Å². The Labute approximate surface area is 128 Å². The molecule has 6 nitrogen and oxygen atoms in total. The number of nitrogens with zero attached hydrogens (tertiary/aromatic N) is 2. The maximum Gasteiger partial charge on any atom is 0.196 e. The number of likely N-dealkylation sites (tertiary alicyclic amines) is 1. The highest BCUT2D eigenvalue weighted by molar-refractivity contribution is 5.81. The smallest absolute Gasteiger partial charge is 0.196 e. The molecule has 6 heteroatoms. The third-order valence-electron chi connectivity index (χ3n) is 3.58. The lowest BCUT2D eigenvalue weighted by molar-refractivity contribution is 0.152. The zero-order chi connectivity index (χ0) is 15.8. The van der Waals surface area contributed by atoms with Gasteiger partial charge < -0.3 is 27.0 Å². The van der Waals surface area contributed by atoms with E-state index in [0.717, 1.165) is 25.3 Å². The van der Waals surface area contributed by atoms with Gasteiger partial charge >= 0.3 is 0 Å². The van der Waals surface area contributed by atoms with Crippen molar-refractivity contribution in [2.45, 2.75) is 58.8 Å². The zero-order valence-electron chi connectivity index (χ0n) is 13.9. The number of hydrogen-bond acceptors (Lipinski definition) is 6. The van der Waals surface area contributed by atoms with Gasteiger partial charge in [-0.25, -0.2) is 4.99 Å². The molecular weight excluding hydrogens is 264 g/mol. The molecule has 1 fully saturated rings. The largest absolute Gasteiger partial charge is 0.370 e. The molecule has 2 aliphatic rings. The Kier molecular flexibility index (Phi) is 4.22. The predicted molar refractivity (Wildman–Crippen MR) is 87.5 cm³/mol. The minimum atomic E-state index is -0.723. The van der Waals surface area contributed by atoms with Crippen LogP contribution in [0.2, 0.25) is 0 Å². The minimum Gasteiger partial charge on any atom is -0.370 e. The normalized spacial score (nSPS) is 27.1. The molecule has 0 saturated carbocycles. The van der Waals surface area contributed by atoms with Crippen LogP contribution in [0.4, 0.5) is 0 Å². The molecule has 1 atom stereocenters. The molecule has 1 unspecified atom stereocenters. The summed E-state index contributed by atoms with van der Waals surface area (Å²) in [4.78, 5) is 6.66. The Morgan fingerprint density at radius 3 is 2.62 bits per heavy atom. The number of nitrogens with one attached hydrogen (secondary N) is 2. The number of guanidine groups is 1. The standard InChI is InChI=1S/C15H30N6/c1-10(2)18-11-7-21(8-11)12-6-15(17,9-14(3,4)5)20-13(16)19-12/h6,10-11,18H,7-9,17H2,1-5H3,(H3,16,19,20). The number of nitrogens with two attached hydrogens (primary N) is 2. The van der Waals surface area contributed by atoms with Gasteiger partial charge in [-0.1, -0.05) is 34.6 Å². The van der Waals surface area contributed by atoms with Crippen molar-refractivity contribution >= 4 is 5.96 Å². The van der Waals surface area contributed by atoms with Crippen LogP contribution < -0.4 is 22.1 Å². The van der Waals surface area contributed by atoms with E-state index in [4.69, 9.17) is 11.5 Å². The molecule has 2 rings (SSSR count). The van der Waals surface area contributed by atoms with Gasteiger partial charge in [-0.15, -0.1) is 0 Å². The summed E-state index contributed by atoms with van der Waals surface area (Å²) in [6.07, 6.45) is 2.77. The maximum absolute atomic E-state index is 6.43. The summed E-state index contributed by atoms with van der Waals surface area (Å²) < 4.78 is 0. The van der Waals surface area contributed by atoms with E-state index >= 15 is 0 Å². The first-order chi connectivity index (χ1) is 9.56. The zero-order valence-corrected chi connectivity index (χ0v) is 13.9. The lowest BCUT2D eigenvalue weighted by atomic mass is 9.84. The molecule has 21 heavy (non-hydrogen) atoms. The first kappa shape index (κ1) is 16.1. The number of aliphatic imine (C=N–C) groups is 1. The van der Waals surface area contributed by atoms with Crippen molar-refractivity contribution in [1.82, 2.24) is 15.5 Å². The molecule has 120 valence electrons. The van der Waals surface area contributed by atoms with E-state index in [1.165, 1.54) is 0 Å². The third-order valence-corrected chi connectivity index (χ3v) is 3.58. The van der Waals surface area contributed by atoms with Crippen molar-refractivity contribution in [2.24, 2.45) is 21.9 Å². The highest BCUT2D eigenvalue weighted by atomic mass is 15.4. The van der Waals surface area contributed by atoms with Crippen LogP contribution in [0.15, 0.2) is 16.9 Å². The van der Waals surface area contributed by atoms with Crippen LogP contribution in [-0.2, 0) is 0 Å². The van der Waals surface area contributed by atoms with E-state index in [2.05, 4.69) is 55.1 Å². The van der Waals surface area contributed by atoms with Gasteiger partial charge in [-0.2, -0.15) is 0 Å². The van der Waals surface area contributed by atoms with Crippen molar-refractivity contribution < 1.29 is 0 Å². The van der Waals surface area contributed by atoms with Gasteiger partial charge in [-0.05, 0) is 17.9 Å². The number of rotatable bonds is 4. The lowest BCUT2D eigenvalue weighted by Gasteiger charge is -2.45. The van der Waals surface area contributed by atoms with E-state index in [0.29, 0.717) is 18.0 Å². The summed E-state index contributed by atoms with van der Waals surface area (Å²) in [5.41, 5.74) is 11.7. The Bertz CT molecular complexity index is 442. The topological polar surface area (TPSA) is 91.7 Å². The van der Waals surface area contributed by atoms with Crippen LogP contribution in [0, 0.1) is 5.41 Å². The van der Waals surface area contributed by atoms with Gasteiger partial charge in [0.2, 0.25) is 0 Å². The van der Waals surface area contributed by atoms with Crippen molar-refractivity contribution in [3.8, 4) is 0 Å². The fourth-order valence-electron chi connectivity index (χ4n) is 3.05. The van der Waals surface area contributed by atoms with Crippen LogP contribution in [0.25, 0.3) is 0 Å². The highest BCUT2D eigenvalue weighted by Gasteiger charge is 2.36. The molecule has 6 N–H and O–H groups in total. The molecule has 0 bridgehead atoms. The van der Waals surface area contributed by atoms with E-state index in [9.17, 15) is 0 Å². The monoisotopic (exact) mass is 294 g/mol. The molecule has 0 aromatic rings. The van der Waals surface area contributed by atoms with Crippen molar-refractivity contribution in [1.29, 1.82) is 0 Å². The van der Waals surface area contributed by atoms with Gasteiger partial charge in [-0.3, -0.25) is 0 Å². The Morgan fingerprint density at radius 1 is 1.48 bits per heavy atom. The highest BCUT2D eigenvalue weighted by Crippen LogP contribution is 2.30. The fraction of sp³-hybridized carbons (Fsp3) is 0.800. The fourth-order valence-corrected chi connectivity index (χ4v) is 3.05. The molecule has 1 saturated heterocycles. The maximum atomic E-state index is 6.43. The van der Waals surface area contributed by atoms with Gasteiger partial charge in [0.05, 0.1) is 0 Å². The van der Waals surface area contributed by atoms with Crippen molar-refractivity contribution in [3.05, 3.63) is 11.9 Å². The van der Waals surface area contributed by atoms with Crippen molar-refractivity contribution in [2.75, 3.05) is 13.1 Å². The van der Waals surface area contributed by atoms with Gasteiger partial charge in [0.25, 0.3) is 0 Å². The molecule has 0 amide bonds. The molecule has 0 aromatic heterocycles. The van der Waals surface area contributed by atoms with E-state index < -0.39 is 5.66 Å². The molecular formula is C15H30N6. The van der Waals surface area contributed by atoms with Crippen LogP contribution in [0.5, 0.6) is 0 Å². The third kappa shape index (κ3) is 4.35. The van der Waals surface area contributed by atoms with Crippen LogP contribution in [0.1, 0.15) is 41.0 Å². The first-order valence-corrected chi connectivity index (χ1v) is 7.71. The van der Waals surface area contributed by atoms with E-state index in [-0.39, 0.29) is 5.41 Å². The Balaban J connectivity index is 2.03. The summed E-state index contributed by atoms with van der Waals surface area (Å²) in [7, 11) is 0. The molecule has 0 radical (unpaired) electrons. The van der Waals surface area contributed by atoms with E-state index in [1.54, 1.807) is 0 Å². The average Bonchev–Trinajstić information content (AvgIpc) is 2.16. The summed E-state index contributed by atoms with van der Waals surface area (Å²) in [6, 6.07) is 1.04. The minimum absolute atomic E-state index is 0.0914. The SMILES string of the molecule is CC(C)NC1CN(C2=CC(N)(CC(C)(C)C)N=C(N)N2)C1. The summed E-state index contributed by atoms with van der Waals surface area (Å²) in [6.45, 7) is 12.8. The molecule has 2 aliphatic heterocycles. The molecule has 0 aromatic carbocycles. The first-order valence-electron chi connectivity index (χ1n) is 7.71. The second-order valence-corrected chi connectivity index (χ2v) is 7.80. The van der Waals surface area contributed by atoms with Gasteiger partial charge in [0.1, 0.15) is 11.5 Å². The summed E-state index contributed by atoms with van der Waals surface area (Å²) in [5.74, 6) is 1.38. The second-order valence-electron chi connectivity index (χ2n) is 7.80. The molecule has 0 aliphatic carbocycles. The average molecular weight is 294 g/mol. The van der Waals surface area contributed by atoms with E-state index in [1.807, 2.05) is 6.08 Å². The van der Waals surface area contributed by atoms with Crippen molar-refractivity contribution in [3.63, 3.8) is 0 Å². The van der Waals surface area contributed by atoms with Crippen LogP contribution in [0.3, 0.4) is 0 Å². The Hall–Kier alpha value is -1.27. The predicted octanol–water partition coefficient (Wildman–Crippen LogP) is 0.519. The second kappa shape index (κ2) is 5.50. The lowest BCUT2D eigenvalue weighted by Crippen LogP contribution is -2.62. The summed E-state index contributed by atoms with van der Waals surface area (Å²) >= 11 is 0. The molecule has 0 spiro atoms.